The number of unbranched alkanes of at least 4 members (excludes halogenated alkanes) is 7. The number of halogens is 6. The van der Waals surface area contributed by atoms with Crippen LogP contribution in [0.4, 0.5) is 25.2 Å². The number of nitrogens with zero attached hydrogens (tertiary/aromatic N) is 2. The maximum atomic E-state index is 9.87. The van der Waals surface area contributed by atoms with Crippen LogP contribution in [-0.2, 0) is 13.6 Å². The van der Waals surface area contributed by atoms with Crippen LogP contribution >= 0.6 is 7.81 Å². The van der Waals surface area contributed by atoms with Gasteiger partial charge in [0.15, 0.2) is 0 Å². The molecule has 1 rings (SSSR count). The molecule has 0 aliphatic rings. The van der Waals surface area contributed by atoms with Crippen molar-refractivity contribution in [1.29, 1.82) is 0 Å². The Bertz CT molecular complexity index is 469. The molecule has 2 nitrogen and oxygen atoms in total. The van der Waals surface area contributed by atoms with Crippen LogP contribution in [0.15, 0.2) is 31.4 Å². The van der Waals surface area contributed by atoms with Crippen molar-refractivity contribution < 1.29 is 29.7 Å². The van der Waals surface area contributed by atoms with Crippen LogP contribution in [0.25, 0.3) is 0 Å². The minimum absolute atomic E-state index is 1.16. The van der Waals surface area contributed by atoms with Gasteiger partial charge in [-0.05, 0) is 25.7 Å². The molecule has 0 atom stereocenters. The van der Waals surface area contributed by atoms with E-state index in [1.807, 2.05) is 6.08 Å². The van der Waals surface area contributed by atoms with Crippen LogP contribution in [0.5, 0.6) is 0 Å². The van der Waals surface area contributed by atoms with Crippen LogP contribution in [-0.4, -0.2) is 4.57 Å². The second-order valence-electron chi connectivity index (χ2n) is 5.83. The number of hydrogen-bond donors (Lipinski definition) is 0. The average molecular weight is 380 g/mol. The number of aromatic nitrogens is 2. The normalized spacial score (nSPS) is 14.3. The Hall–Kier alpha value is -1.04. The Labute approximate surface area is 139 Å². The number of imidazole rings is 1. The molecule has 0 N–H and O–H groups in total. The summed E-state index contributed by atoms with van der Waals surface area (Å²) in [6.07, 6.45) is 19.2. The van der Waals surface area contributed by atoms with Crippen molar-refractivity contribution in [3.05, 3.63) is 31.4 Å². The molecule has 1 aromatic heterocycles. The van der Waals surface area contributed by atoms with Gasteiger partial charge >= 0.3 is 33.0 Å². The van der Waals surface area contributed by atoms with Gasteiger partial charge in [0.25, 0.3) is 0 Å². The summed E-state index contributed by atoms with van der Waals surface area (Å²) in [6.45, 7) is 4.91. The van der Waals surface area contributed by atoms with Gasteiger partial charge in [0, 0.05) is 0 Å². The fraction of sp³-hybridized carbons (Fsp3) is 0.667. The van der Waals surface area contributed by atoms with Crippen LogP contribution in [0.2, 0.25) is 0 Å². The van der Waals surface area contributed by atoms with E-state index in [-0.39, 0.29) is 0 Å². The molecule has 0 saturated heterocycles. The van der Waals surface area contributed by atoms with Crippen LogP contribution in [0.3, 0.4) is 0 Å². The Morgan fingerprint density at radius 2 is 1.38 bits per heavy atom. The van der Waals surface area contributed by atoms with Gasteiger partial charge < -0.3 is 0 Å². The third-order valence-electron chi connectivity index (χ3n) is 3.15. The second-order valence-corrected chi connectivity index (χ2v) is 7.74. The number of rotatable bonds is 10. The molecule has 0 radical (unpaired) electrons. The molecule has 0 saturated carbocycles. The molecule has 0 spiro atoms. The van der Waals surface area contributed by atoms with Gasteiger partial charge in [-0.1, -0.05) is 31.8 Å². The fourth-order valence-electron chi connectivity index (χ4n) is 2.10. The molecule has 0 aliphatic carbocycles. The van der Waals surface area contributed by atoms with E-state index in [9.17, 15) is 25.2 Å². The first kappa shape index (κ1) is 23.0. The second kappa shape index (κ2) is 8.88. The fourth-order valence-corrected chi connectivity index (χ4v) is 2.10. The van der Waals surface area contributed by atoms with E-state index in [1.165, 1.54) is 51.4 Å². The molecule has 24 heavy (non-hydrogen) atoms. The summed E-state index contributed by atoms with van der Waals surface area (Å²) in [7, 11) is -8.59. The zero-order valence-corrected chi connectivity index (χ0v) is 14.9. The van der Waals surface area contributed by atoms with Gasteiger partial charge in [-0.25, -0.2) is 9.13 Å². The van der Waals surface area contributed by atoms with E-state index in [4.69, 9.17) is 0 Å². The summed E-state index contributed by atoms with van der Waals surface area (Å²) in [4.78, 5) is 0. The third-order valence-corrected chi connectivity index (χ3v) is 3.15. The van der Waals surface area contributed by atoms with Crippen molar-refractivity contribution in [1.82, 2.24) is 4.57 Å². The summed E-state index contributed by atoms with van der Waals surface area (Å²) >= 11 is 0. The topological polar surface area (TPSA) is 8.81 Å². The number of allylic oxidation sites excluding steroid dienone is 1. The summed E-state index contributed by atoms with van der Waals surface area (Å²) in [5.74, 6) is 0. The van der Waals surface area contributed by atoms with Gasteiger partial charge in [0.2, 0.25) is 6.33 Å². The molecular formula is C15H27F6N2P. The maximum absolute atomic E-state index is 10.7. The average Bonchev–Trinajstić information content (AvgIpc) is 2.79. The standard InChI is InChI=1S/C15H27N2.F6P/c1-3-4-5-6-7-8-9-10-11-12-17-14-13-16(2)15-17;1-7(2,3,4,5)6/h3,13-15H,1,4-12H2,2H3;/q+1;-1. The van der Waals surface area contributed by atoms with E-state index in [0.717, 1.165) is 6.54 Å². The molecule has 0 unspecified atom stereocenters. The van der Waals surface area contributed by atoms with Gasteiger partial charge in [-0.15, -0.1) is 6.58 Å². The minimum atomic E-state index is -10.7. The molecule has 0 aromatic carbocycles. The predicted molar refractivity (Wildman–Crippen MR) is 86.3 cm³/mol. The first-order valence-electron chi connectivity index (χ1n) is 7.96. The number of hydrogen-bond acceptors (Lipinski definition) is 0. The van der Waals surface area contributed by atoms with Crippen molar-refractivity contribution in [2.24, 2.45) is 7.05 Å². The van der Waals surface area contributed by atoms with Crippen molar-refractivity contribution in [2.75, 3.05) is 0 Å². The van der Waals surface area contributed by atoms with Gasteiger partial charge in [-0.2, -0.15) is 0 Å². The molecule has 1 heterocycles. The molecule has 0 fully saturated rings. The first-order valence-corrected chi connectivity index (χ1v) is 9.99. The van der Waals surface area contributed by atoms with E-state index in [1.54, 1.807) is 0 Å². The Morgan fingerprint density at radius 3 is 1.79 bits per heavy atom. The zero-order chi connectivity index (χ0) is 18.8. The molecule has 144 valence electrons. The molecule has 0 bridgehead atoms. The van der Waals surface area contributed by atoms with Crippen molar-refractivity contribution in [2.45, 2.75) is 57.9 Å². The number of aryl methyl sites for hydroxylation is 2. The summed E-state index contributed by atoms with van der Waals surface area (Å²) in [5.41, 5.74) is 0. The van der Waals surface area contributed by atoms with Crippen LogP contribution < -0.4 is 4.57 Å². The Balaban J connectivity index is 0.000000640. The molecule has 0 aliphatic heterocycles. The summed E-state index contributed by atoms with van der Waals surface area (Å²) in [5, 5.41) is 0. The van der Waals surface area contributed by atoms with Crippen LogP contribution in [0.1, 0.15) is 51.4 Å². The molecule has 9 heteroatoms. The van der Waals surface area contributed by atoms with E-state index >= 15 is 0 Å². The zero-order valence-electron chi connectivity index (χ0n) is 14.0. The summed E-state index contributed by atoms with van der Waals surface area (Å²) in [6, 6.07) is 0. The van der Waals surface area contributed by atoms with E-state index in [2.05, 4.69) is 41.5 Å². The Kier molecular flexibility index (Phi) is 8.50. The predicted octanol–water partition coefficient (Wildman–Crippen LogP) is 7.00. The quantitative estimate of drug-likeness (QED) is 0.136. The van der Waals surface area contributed by atoms with E-state index < -0.39 is 7.81 Å². The van der Waals surface area contributed by atoms with Gasteiger partial charge in [-0.3, -0.25) is 0 Å². The SMILES string of the molecule is C=CCCCCCCCCCn1cc[n+](C)c1.F[P-](F)(F)(F)(F)F. The van der Waals surface area contributed by atoms with Gasteiger partial charge in [0.05, 0.1) is 13.6 Å². The molecule has 0 amide bonds. The van der Waals surface area contributed by atoms with Crippen molar-refractivity contribution in [3.8, 4) is 0 Å². The molecule has 1 aromatic rings. The first-order chi connectivity index (χ1) is 10.8. The van der Waals surface area contributed by atoms with E-state index in [0.29, 0.717) is 0 Å². The summed E-state index contributed by atoms with van der Waals surface area (Å²) < 4.78 is 63.6. The van der Waals surface area contributed by atoms with Crippen molar-refractivity contribution in [3.63, 3.8) is 0 Å². The molecular weight excluding hydrogens is 353 g/mol. The van der Waals surface area contributed by atoms with Crippen molar-refractivity contribution >= 4 is 7.81 Å². The van der Waals surface area contributed by atoms with Crippen LogP contribution in [0, 0.1) is 0 Å². The van der Waals surface area contributed by atoms with Gasteiger partial charge in [0.1, 0.15) is 12.4 Å². The monoisotopic (exact) mass is 380 g/mol. The third kappa shape index (κ3) is 23.2. The Morgan fingerprint density at radius 1 is 0.917 bits per heavy atom.